The van der Waals surface area contributed by atoms with Crippen LogP contribution in [0.3, 0.4) is 0 Å². The number of benzene rings is 4. The van der Waals surface area contributed by atoms with Gasteiger partial charge in [0, 0.05) is 177 Å². The molecule has 0 spiro atoms. The van der Waals surface area contributed by atoms with Crippen LogP contribution in [0.2, 0.25) is 0 Å². The third kappa shape index (κ3) is 53.2. The van der Waals surface area contributed by atoms with Crippen LogP contribution in [0.4, 0.5) is 27.5 Å². The van der Waals surface area contributed by atoms with Crippen molar-refractivity contribution in [3.63, 3.8) is 0 Å². The standard InChI is InChI=1S/C7H8N2O.2C6H5NO2.C6H7N.C2H6O.C2H6.3CH4O.CH4.3Ar/c8-7(10)9-6-4-2-1-3-5-6;2*8-7(9)6-4-2-1-3-5-6;7-6-4-2-1-3-5-6;1-2-3;4*1-2;;;;/h1-5H,(H3,8,9,10);2*1-5H;1-5H,7H2;3H,2H2,1H3;1-2H3;3*2H,1H3;1H4;;;. The van der Waals surface area contributed by atoms with Gasteiger partial charge in [-0.25, -0.2) is 4.79 Å². The number of nitrogens with one attached hydrogen (secondary N) is 1. The zero-order valence-corrected chi connectivity index (χ0v) is 30.3. The second-order valence-corrected chi connectivity index (χ2v) is 6.77. The number of nitro groups is 2. The molecule has 0 aromatic heterocycles. The fourth-order valence-electron chi connectivity index (χ4n) is 2.22. The topological polar surface area (TPSA) is 248 Å². The average Bonchev–Trinajstić information content (AvgIpc) is 3.11. The molecule has 0 bridgehead atoms. The molecule has 0 fully saturated rings. The Kier molecular flexibility index (Phi) is 83.3. The van der Waals surface area contributed by atoms with E-state index in [9.17, 15) is 25.0 Å². The van der Waals surface area contributed by atoms with Gasteiger partial charge in [0.25, 0.3) is 11.4 Å². The first-order valence-electron chi connectivity index (χ1n) is 13.5. The van der Waals surface area contributed by atoms with Crippen LogP contribution in [0.15, 0.2) is 121 Å². The van der Waals surface area contributed by atoms with Crippen LogP contribution in [0.1, 0.15) is 28.2 Å². The summed E-state index contributed by atoms with van der Waals surface area (Å²) in [6.45, 7) is 5.93. The van der Waals surface area contributed by atoms with E-state index in [0.29, 0.717) is 0 Å². The van der Waals surface area contributed by atoms with Gasteiger partial charge in [-0.15, -0.1) is 0 Å². The van der Waals surface area contributed by atoms with Crippen molar-refractivity contribution >= 4 is 28.8 Å². The number of carbonyl (C=O) groups excluding carboxylic acids is 1. The molecule has 0 atom stereocenters. The van der Waals surface area contributed by atoms with Gasteiger partial charge in [0.15, 0.2) is 0 Å². The number of hydrogen-bond donors (Lipinski definition) is 7. The number of nitro benzene ring substituents is 2. The number of nitrogens with zero attached hydrogens (tertiary/aromatic N) is 2. The third-order valence-electron chi connectivity index (χ3n) is 3.77. The van der Waals surface area contributed by atoms with Crippen LogP contribution in [0, 0.1) is 133 Å². The molecular weight excluding hydrogens is 730 g/mol. The summed E-state index contributed by atoms with van der Waals surface area (Å²) in [6.07, 6.45) is 0. The molecule has 17 heteroatoms. The number of urea groups is 1. The van der Waals surface area contributed by atoms with E-state index in [1.165, 1.54) is 24.3 Å². The molecule has 4 rings (SSSR count). The van der Waals surface area contributed by atoms with Gasteiger partial charge < -0.3 is 37.2 Å². The Morgan fingerprint density at radius 1 is 0.620 bits per heavy atom. The van der Waals surface area contributed by atoms with Crippen LogP contribution in [0.25, 0.3) is 0 Å². The number of aliphatic hydroxyl groups excluding tert-OH is 4. The molecule has 0 unspecified atom stereocenters. The third-order valence-corrected chi connectivity index (χ3v) is 3.77. The Labute approximate surface area is 386 Å². The van der Waals surface area contributed by atoms with E-state index in [-0.39, 0.29) is 139 Å². The van der Waals surface area contributed by atoms with Gasteiger partial charge in [0.1, 0.15) is 0 Å². The van der Waals surface area contributed by atoms with Gasteiger partial charge in [0.05, 0.1) is 9.85 Å². The Morgan fingerprint density at radius 3 is 1.00 bits per heavy atom. The maximum atomic E-state index is 10.3. The van der Waals surface area contributed by atoms with Crippen LogP contribution in [-0.4, -0.2) is 64.2 Å². The molecular formula is C33H53Ar3N5O9. The number of nitrogen functional groups attached to an aromatic ring is 1. The molecule has 9 N–H and O–H groups in total. The van der Waals surface area contributed by atoms with E-state index in [1.54, 1.807) is 55.5 Å². The number of para-hydroxylation sites is 4. The number of primary amides is 1. The van der Waals surface area contributed by atoms with Crippen LogP contribution in [0.5, 0.6) is 0 Å². The van der Waals surface area contributed by atoms with Crippen LogP contribution < -0.4 is 16.8 Å². The Bertz CT molecular complexity index is 1140. The van der Waals surface area contributed by atoms with Crippen molar-refractivity contribution in [2.24, 2.45) is 5.73 Å². The number of amides is 2. The second kappa shape index (κ2) is 59.5. The van der Waals surface area contributed by atoms with Gasteiger partial charge in [-0.1, -0.05) is 94.1 Å². The molecule has 288 valence electrons. The molecule has 4 aromatic carbocycles. The summed E-state index contributed by atoms with van der Waals surface area (Å²) in [4.78, 5) is 29.5. The number of rotatable bonds is 3. The van der Waals surface area contributed by atoms with E-state index in [4.69, 9.17) is 31.9 Å². The van der Waals surface area contributed by atoms with Crippen LogP contribution in [-0.2, 0) is 0 Å². The molecule has 0 radical (unpaired) electrons. The molecule has 50 heavy (non-hydrogen) atoms. The maximum Gasteiger partial charge on any atom is 0.316 e. The molecule has 0 aliphatic heterocycles. The number of anilines is 2. The van der Waals surface area contributed by atoms with Crippen molar-refractivity contribution in [1.29, 1.82) is 0 Å². The first kappa shape index (κ1) is 70.0. The Balaban J connectivity index is -0.0000000573. The molecule has 0 aliphatic carbocycles. The quantitative estimate of drug-likeness (QED) is 0.0712. The fourth-order valence-corrected chi connectivity index (χ4v) is 2.22. The van der Waals surface area contributed by atoms with Gasteiger partial charge in [-0.2, -0.15) is 0 Å². The first-order valence-corrected chi connectivity index (χ1v) is 13.5. The fraction of sp³-hybridized carbons (Fsp3) is 0.242. The van der Waals surface area contributed by atoms with Crippen molar-refractivity contribution in [1.82, 2.24) is 0 Å². The zero-order valence-electron chi connectivity index (χ0n) is 28.2. The molecule has 4 aromatic rings. The minimum Gasteiger partial charge on any atom is -0.400 e. The van der Waals surface area contributed by atoms with Crippen molar-refractivity contribution in [2.75, 3.05) is 39.0 Å². The van der Waals surface area contributed by atoms with E-state index in [1.807, 2.05) is 62.4 Å². The first-order chi connectivity index (χ1) is 22.2. The monoisotopic (exact) mass is 783 g/mol. The normalized spacial score (nSPS) is 7.00. The minimum atomic E-state index is -0.536. The summed E-state index contributed by atoms with van der Waals surface area (Å²) < 4.78 is 0. The van der Waals surface area contributed by atoms with Crippen molar-refractivity contribution in [3.8, 4) is 0 Å². The van der Waals surface area contributed by atoms with E-state index < -0.39 is 15.9 Å². The predicted octanol–water partition coefficient (Wildman–Crippen LogP) is 6.12. The number of carbonyl (C=O) groups is 1. The summed E-state index contributed by atoms with van der Waals surface area (Å²) in [7, 11) is 3.00. The number of non-ortho nitro benzene ring substituents is 2. The molecule has 0 heterocycles. The summed E-state index contributed by atoms with van der Waals surface area (Å²) in [5, 5.41) is 51.0. The van der Waals surface area contributed by atoms with E-state index in [0.717, 1.165) is 32.7 Å². The SMILES string of the molecule is C.CC.CCO.CO.CO.CO.NC(=O)Nc1ccccc1.Nc1ccccc1.O=[N+]([O-])c1ccccc1.O=[N+]([O-])c1ccccc1.[Ar].[Ar].[Ar]. The smallest absolute Gasteiger partial charge is 0.316 e. The second-order valence-electron chi connectivity index (χ2n) is 6.77. The number of nitrogens with two attached hydrogens (primary N) is 2. The predicted molar refractivity (Wildman–Crippen MR) is 192 cm³/mol. The molecule has 0 saturated heterocycles. The van der Waals surface area contributed by atoms with E-state index >= 15 is 0 Å². The number of hydrogen-bond acceptors (Lipinski definition) is 10. The summed E-state index contributed by atoms with van der Waals surface area (Å²) in [5.74, 6) is 0. The number of aliphatic hydroxyl groups is 4. The Hall–Kier alpha value is -1.63. The maximum absolute atomic E-state index is 10.3. The van der Waals surface area contributed by atoms with E-state index in [2.05, 4.69) is 5.32 Å². The Morgan fingerprint density at radius 2 is 0.840 bits per heavy atom. The summed E-state index contributed by atoms with van der Waals surface area (Å²) in [6, 6.07) is 33.9. The minimum absolute atomic E-state index is 0. The van der Waals surface area contributed by atoms with Gasteiger partial charge in [-0.3, -0.25) is 20.2 Å². The summed E-state index contributed by atoms with van der Waals surface area (Å²) >= 11 is 0. The van der Waals surface area contributed by atoms with Crippen LogP contribution >= 0.6 is 0 Å². The van der Waals surface area contributed by atoms with Crippen molar-refractivity contribution in [2.45, 2.75) is 28.2 Å². The van der Waals surface area contributed by atoms with Gasteiger partial charge in [-0.05, 0) is 31.2 Å². The molecule has 0 saturated carbocycles. The van der Waals surface area contributed by atoms with Crippen molar-refractivity contribution in [3.05, 3.63) is 142 Å². The summed E-state index contributed by atoms with van der Waals surface area (Å²) in [5.41, 5.74) is 12.0. The average molecular weight is 784 g/mol. The zero-order chi connectivity index (χ0) is 36.6. The molecule has 2 amide bonds. The molecule has 0 aliphatic rings. The van der Waals surface area contributed by atoms with Gasteiger partial charge >= 0.3 is 6.03 Å². The van der Waals surface area contributed by atoms with Crippen molar-refractivity contribution < 1.29 is 148 Å². The molecule has 14 nitrogen and oxygen atoms in total. The van der Waals surface area contributed by atoms with Gasteiger partial charge in [0.2, 0.25) is 0 Å². The largest absolute Gasteiger partial charge is 0.400 e.